The number of aromatic nitrogens is 1. The van der Waals surface area contributed by atoms with E-state index in [0.717, 1.165) is 54.4 Å². The van der Waals surface area contributed by atoms with Gasteiger partial charge in [-0.25, -0.2) is 4.98 Å². The van der Waals surface area contributed by atoms with Crippen molar-refractivity contribution in [3.63, 3.8) is 0 Å². The van der Waals surface area contributed by atoms with E-state index in [2.05, 4.69) is 4.98 Å². The predicted octanol–water partition coefficient (Wildman–Crippen LogP) is 4.47. The molecular formula is C18H22Cl3N3OS. The van der Waals surface area contributed by atoms with Crippen LogP contribution in [0.5, 0.6) is 0 Å². The number of likely N-dealkylation sites (tertiary alicyclic amines) is 1. The van der Waals surface area contributed by atoms with Gasteiger partial charge in [-0.1, -0.05) is 23.2 Å². The lowest BCUT2D eigenvalue weighted by atomic mass is 9.90. The van der Waals surface area contributed by atoms with Gasteiger partial charge in [0.1, 0.15) is 5.69 Å². The summed E-state index contributed by atoms with van der Waals surface area (Å²) in [5, 5.41) is 4.24. The standard InChI is InChI=1S/C18H21Cl2N3OS.ClH/c19-14-1-2-15(20)13(10-14)9-12-4-7-23(8-5-12)18(24)16-11-25-17(22-16)3-6-21;/h1-2,10-12H,3-9,21H2;1H. The molecule has 2 heterocycles. The van der Waals surface area contributed by atoms with Crippen molar-refractivity contribution in [3.8, 4) is 0 Å². The topological polar surface area (TPSA) is 59.2 Å². The fraction of sp³-hybridized carbons (Fsp3) is 0.444. The summed E-state index contributed by atoms with van der Waals surface area (Å²) < 4.78 is 0. The number of thiazole rings is 1. The van der Waals surface area contributed by atoms with E-state index in [1.807, 2.05) is 22.4 Å². The van der Waals surface area contributed by atoms with Crippen molar-refractivity contribution in [2.24, 2.45) is 11.7 Å². The highest BCUT2D eigenvalue weighted by atomic mass is 35.5. The zero-order chi connectivity index (χ0) is 17.8. The third-order valence-electron chi connectivity index (χ3n) is 4.55. The molecule has 2 N–H and O–H groups in total. The largest absolute Gasteiger partial charge is 0.337 e. The first-order valence-electron chi connectivity index (χ1n) is 8.44. The molecule has 0 radical (unpaired) electrons. The van der Waals surface area contributed by atoms with Crippen molar-refractivity contribution >= 4 is 52.9 Å². The number of amides is 1. The number of carbonyl (C=O) groups excluding carboxylic acids is 1. The Balaban J connectivity index is 0.00000243. The minimum atomic E-state index is 0. The first-order chi connectivity index (χ1) is 12.1. The van der Waals surface area contributed by atoms with Gasteiger partial charge in [0.25, 0.3) is 5.91 Å². The third-order valence-corrected chi connectivity index (χ3v) is 6.06. The zero-order valence-electron chi connectivity index (χ0n) is 14.3. The van der Waals surface area contributed by atoms with Crippen molar-refractivity contribution in [2.75, 3.05) is 19.6 Å². The summed E-state index contributed by atoms with van der Waals surface area (Å²) >= 11 is 13.8. The fourth-order valence-electron chi connectivity index (χ4n) is 3.16. The van der Waals surface area contributed by atoms with Crippen molar-refractivity contribution < 1.29 is 4.79 Å². The van der Waals surface area contributed by atoms with Crippen LogP contribution in [0.25, 0.3) is 0 Å². The van der Waals surface area contributed by atoms with Crippen LogP contribution in [-0.4, -0.2) is 35.4 Å². The Kier molecular flexibility index (Phi) is 8.17. The Morgan fingerprint density at radius 1 is 1.31 bits per heavy atom. The van der Waals surface area contributed by atoms with Crippen molar-refractivity contribution in [1.29, 1.82) is 0 Å². The first kappa shape index (κ1) is 21.5. The van der Waals surface area contributed by atoms with Crippen LogP contribution in [0, 0.1) is 5.92 Å². The van der Waals surface area contributed by atoms with Crippen LogP contribution >= 0.6 is 46.9 Å². The summed E-state index contributed by atoms with van der Waals surface area (Å²) in [6, 6.07) is 5.59. The third kappa shape index (κ3) is 5.33. The number of benzene rings is 1. The second kappa shape index (κ2) is 9.90. The number of halogens is 3. The van der Waals surface area contributed by atoms with E-state index in [9.17, 15) is 4.79 Å². The van der Waals surface area contributed by atoms with Gasteiger partial charge in [0.15, 0.2) is 0 Å². The van der Waals surface area contributed by atoms with Crippen LogP contribution in [0.3, 0.4) is 0 Å². The Hall–Kier alpha value is -0.850. The van der Waals surface area contributed by atoms with Crippen LogP contribution < -0.4 is 5.73 Å². The Bertz CT molecular complexity index is 745. The second-order valence-electron chi connectivity index (χ2n) is 6.34. The quantitative estimate of drug-likeness (QED) is 0.755. The van der Waals surface area contributed by atoms with Gasteiger partial charge in [-0.2, -0.15) is 0 Å². The zero-order valence-corrected chi connectivity index (χ0v) is 17.4. The first-order valence-corrected chi connectivity index (χ1v) is 10.1. The molecular weight excluding hydrogens is 413 g/mol. The summed E-state index contributed by atoms with van der Waals surface area (Å²) in [4.78, 5) is 18.9. The molecule has 0 atom stereocenters. The lowest BCUT2D eigenvalue weighted by Crippen LogP contribution is -2.39. The lowest BCUT2D eigenvalue weighted by Gasteiger charge is -2.31. The molecule has 0 bridgehead atoms. The SMILES string of the molecule is Cl.NCCc1nc(C(=O)N2CCC(Cc3cc(Cl)ccc3Cl)CC2)cs1. The number of nitrogens with two attached hydrogens (primary N) is 1. The van der Waals surface area contributed by atoms with E-state index in [1.54, 1.807) is 6.07 Å². The van der Waals surface area contributed by atoms with E-state index < -0.39 is 0 Å². The van der Waals surface area contributed by atoms with Gasteiger partial charge in [0.2, 0.25) is 0 Å². The molecule has 0 aliphatic carbocycles. The summed E-state index contributed by atoms with van der Waals surface area (Å²) in [6.07, 6.45) is 3.56. The average molecular weight is 435 g/mol. The molecule has 4 nitrogen and oxygen atoms in total. The Labute approximate surface area is 174 Å². The number of hydrogen-bond donors (Lipinski definition) is 1. The highest BCUT2D eigenvalue weighted by Gasteiger charge is 2.25. The van der Waals surface area contributed by atoms with Gasteiger partial charge < -0.3 is 10.6 Å². The van der Waals surface area contributed by atoms with Crippen LogP contribution in [-0.2, 0) is 12.8 Å². The van der Waals surface area contributed by atoms with E-state index in [-0.39, 0.29) is 18.3 Å². The van der Waals surface area contributed by atoms with Gasteiger partial charge in [0.05, 0.1) is 5.01 Å². The molecule has 26 heavy (non-hydrogen) atoms. The molecule has 1 aromatic heterocycles. The summed E-state index contributed by atoms with van der Waals surface area (Å²) in [5.41, 5.74) is 7.17. The van der Waals surface area contributed by atoms with E-state index in [4.69, 9.17) is 28.9 Å². The molecule has 3 rings (SSSR count). The molecule has 1 saturated heterocycles. The molecule has 1 aliphatic rings. The number of piperidine rings is 1. The van der Waals surface area contributed by atoms with Gasteiger partial charge in [-0.3, -0.25) is 4.79 Å². The molecule has 1 aliphatic heterocycles. The van der Waals surface area contributed by atoms with Crippen LogP contribution in [0.2, 0.25) is 10.0 Å². The molecule has 1 amide bonds. The normalized spacial score (nSPS) is 15.0. The maximum atomic E-state index is 12.6. The van der Waals surface area contributed by atoms with Crippen molar-refractivity contribution in [1.82, 2.24) is 9.88 Å². The Morgan fingerprint density at radius 2 is 2.04 bits per heavy atom. The molecule has 0 saturated carbocycles. The van der Waals surface area contributed by atoms with E-state index >= 15 is 0 Å². The highest BCUT2D eigenvalue weighted by molar-refractivity contribution is 7.09. The highest BCUT2D eigenvalue weighted by Crippen LogP contribution is 2.28. The van der Waals surface area contributed by atoms with Crippen molar-refractivity contribution in [3.05, 3.63) is 49.9 Å². The van der Waals surface area contributed by atoms with Crippen LogP contribution in [0.15, 0.2) is 23.6 Å². The van der Waals surface area contributed by atoms with E-state index in [1.165, 1.54) is 11.3 Å². The molecule has 1 fully saturated rings. The van der Waals surface area contributed by atoms with Gasteiger partial charge >= 0.3 is 0 Å². The van der Waals surface area contributed by atoms with Crippen LogP contribution in [0.4, 0.5) is 0 Å². The summed E-state index contributed by atoms with van der Waals surface area (Å²) in [6.45, 7) is 2.06. The minimum absolute atomic E-state index is 0. The smallest absolute Gasteiger partial charge is 0.273 e. The second-order valence-corrected chi connectivity index (χ2v) is 8.13. The summed E-state index contributed by atoms with van der Waals surface area (Å²) in [7, 11) is 0. The number of rotatable bonds is 5. The molecule has 142 valence electrons. The van der Waals surface area contributed by atoms with Gasteiger partial charge in [-0.15, -0.1) is 23.7 Å². The lowest BCUT2D eigenvalue weighted by molar-refractivity contribution is 0.0685. The number of hydrogen-bond acceptors (Lipinski definition) is 4. The monoisotopic (exact) mass is 433 g/mol. The average Bonchev–Trinajstić information content (AvgIpc) is 3.07. The number of nitrogens with zero attached hydrogens (tertiary/aromatic N) is 2. The Morgan fingerprint density at radius 3 is 2.73 bits per heavy atom. The van der Waals surface area contributed by atoms with Gasteiger partial charge in [-0.05, 0) is 55.5 Å². The van der Waals surface area contributed by atoms with Gasteiger partial charge in [0, 0.05) is 34.9 Å². The maximum absolute atomic E-state index is 12.6. The van der Waals surface area contributed by atoms with Crippen molar-refractivity contribution in [2.45, 2.75) is 25.7 Å². The molecule has 1 aromatic carbocycles. The molecule has 8 heteroatoms. The molecule has 2 aromatic rings. The molecule has 0 unspecified atom stereocenters. The predicted molar refractivity (Wildman–Crippen MR) is 111 cm³/mol. The van der Waals surface area contributed by atoms with Crippen LogP contribution in [0.1, 0.15) is 33.9 Å². The number of carbonyl (C=O) groups is 1. The minimum Gasteiger partial charge on any atom is -0.337 e. The fourth-order valence-corrected chi connectivity index (χ4v) is 4.34. The maximum Gasteiger partial charge on any atom is 0.273 e. The van der Waals surface area contributed by atoms with E-state index in [0.29, 0.717) is 23.2 Å². The summed E-state index contributed by atoms with van der Waals surface area (Å²) in [5.74, 6) is 0.544. The molecule has 0 spiro atoms.